The second kappa shape index (κ2) is 4.77. The van der Waals surface area contributed by atoms with E-state index in [9.17, 15) is 4.79 Å². The fourth-order valence-corrected chi connectivity index (χ4v) is 1.17. The van der Waals surface area contributed by atoms with Crippen LogP contribution in [0.5, 0.6) is 0 Å². The minimum absolute atomic E-state index is 0.268. The summed E-state index contributed by atoms with van der Waals surface area (Å²) >= 11 is 3.94. The Kier molecular flexibility index (Phi) is 3.64. The molecule has 0 bridgehead atoms. The summed E-state index contributed by atoms with van der Waals surface area (Å²) in [5.41, 5.74) is 0.795. The minimum Gasteiger partial charge on any atom is -0.480 e. The van der Waals surface area contributed by atoms with Crippen LogP contribution in [0.25, 0.3) is 0 Å². The quantitative estimate of drug-likeness (QED) is 0.641. The van der Waals surface area contributed by atoms with Gasteiger partial charge in [-0.3, -0.25) is 0 Å². The molecule has 4 heteroatoms. The molecule has 0 aliphatic heterocycles. The minimum atomic E-state index is -0.890. The van der Waals surface area contributed by atoms with Crippen LogP contribution < -0.4 is 5.32 Å². The molecule has 0 saturated carbocycles. The van der Waals surface area contributed by atoms with Crippen LogP contribution in [0, 0.1) is 0 Å². The molecule has 1 aromatic rings. The fraction of sp³-hybridized carbons (Fsp3) is 0.222. The number of anilines is 1. The van der Waals surface area contributed by atoms with E-state index in [0.717, 1.165) is 5.69 Å². The Morgan fingerprint density at radius 2 is 2.08 bits per heavy atom. The van der Waals surface area contributed by atoms with Crippen LogP contribution >= 0.6 is 12.6 Å². The van der Waals surface area contributed by atoms with E-state index in [1.165, 1.54) is 0 Å². The number of benzene rings is 1. The number of hydrogen-bond donors (Lipinski definition) is 3. The predicted molar refractivity (Wildman–Crippen MR) is 55.3 cm³/mol. The fourth-order valence-electron chi connectivity index (χ4n) is 0.921. The third-order valence-electron chi connectivity index (χ3n) is 1.60. The Balaban J connectivity index is 2.62. The summed E-state index contributed by atoms with van der Waals surface area (Å²) in [4.78, 5) is 10.6. The maximum Gasteiger partial charge on any atom is 0.326 e. The first-order valence-electron chi connectivity index (χ1n) is 3.89. The lowest BCUT2D eigenvalue weighted by Crippen LogP contribution is -2.30. The van der Waals surface area contributed by atoms with Gasteiger partial charge in [0, 0.05) is 11.4 Å². The molecule has 70 valence electrons. The predicted octanol–water partition coefficient (Wildman–Crippen LogP) is 1.48. The monoisotopic (exact) mass is 197 g/mol. The standard InChI is InChI=1S/C9H11NO2S/c11-9(12)8(6-13)10-7-4-2-1-3-5-7/h1-5,8,10,13H,6H2,(H,11,12)/t8-/m1/s1. The maximum absolute atomic E-state index is 10.6. The number of nitrogens with one attached hydrogen (secondary N) is 1. The normalized spacial score (nSPS) is 12.1. The highest BCUT2D eigenvalue weighted by molar-refractivity contribution is 7.80. The molecule has 0 amide bonds. The summed E-state index contributed by atoms with van der Waals surface area (Å²) in [6.07, 6.45) is 0. The molecule has 1 rings (SSSR count). The summed E-state index contributed by atoms with van der Waals surface area (Å²) in [7, 11) is 0. The van der Waals surface area contributed by atoms with Crippen molar-refractivity contribution in [3.63, 3.8) is 0 Å². The Morgan fingerprint density at radius 1 is 1.46 bits per heavy atom. The molecule has 0 fully saturated rings. The summed E-state index contributed by atoms with van der Waals surface area (Å²) in [5, 5.41) is 11.6. The van der Waals surface area contributed by atoms with E-state index in [0.29, 0.717) is 0 Å². The number of carboxylic acid groups (broad SMARTS) is 1. The van der Waals surface area contributed by atoms with Crippen molar-refractivity contribution in [3.05, 3.63) is 30.3 Å². The third-order valence-corrected chi connectivity index (χ3v) is 1.96. The smallest absolute Gasteiger partial charge is 0.326 e. The van der Waals surface area contributed by atoms with Crippen LogP contribution in [0.4, 0.5) is 5.69 Å². The van der Waals surface area contributed by atoms with Crippen molar-refractivity contribution in [2.24, 2.45) is 0 Å². The van der Waals surface area contributed by atoms with Gasteiger partial charge in [-0.15, -0.1) is 0 Å². The van der Waals surface area contributed by atoms with Gasteiger partial charge in [-0.2, -0.15) is 12.6 Å². The molecule has 0 heterocycles. The van der Waals surface area contributed by atoms with Crippen molar-refractivity contribution < 1.29 is 9.90 Å². The lowest BCUT2D eigenvalue weighted by Gasteiger charge is -2.12. The number of thiol groups is 1. The van der Waals surface area contributed by atoms with Crippen molar-refractivity contribution in [1.82, 2.24) is 0 Å². The zero-order valence-corrected chi connectivity index (χ0v) is 7.87. The second-order valence-corrected chi connectivity index (χ2v) is 2.95. The van der Waals surface area contributed by atoms with Crippen LogP contribution in [0.15, 0.2) is 30.3 Å². The Labute approximate surface area is 82.2 Å². The molecular formula is C9H11NO2S. The van der Waals surface area contributed by atoms with E-state index < -0.39 is 12.0 Å². The van der Waals surface area contributed by atoms with E-state index in [1.54, 1.807) is 0 Å². The van der Waals surface area contributed by atoms with Gasteiger partial charge in [0.2, 0.25) is 0 Å². The molecule has 0 aromatic heterocycles. The van der Waals surface area contributed by atoms with Crippen LogP contribution in [0.3, 0.4) is 0 Å². The lowest BCUT2D eigenvalue weighted by atomic mass is 10.2. The number of aliphatic carboxylic acids is 1. The zero-order chi connectivity index (χ0) is 9.68. The number of rotatable bonds is 4. The highest BCUT2D eigenvalue weighted by Crippen LogP contribution is 2.07. The Hall–Kier alpha value is -1.16. The SMILES string of the molecule is O=C(O)[C@@H](CS)Nc1ccccc1. The van der Waals surface area contributed by atoms with Gasteiger partial charge in [0.1, 0.15) is 6.04 Å². The van der Waals surface area contributed by atoms with Crippen molar-refractivity contribution in [2.75, 3.05) is 11.1 Å². The van der Waals surface area contributed by atoms with Gasteiger partial charge in [-0.1, -0.05) is 18.2 Å². The van der Waals surface area contributed by atoms with Crippen LogP contribution in [0.2, 0.25) is 0 Å². The van der Waals surface area contributed by atoms with Crippen LogP contribution in [0.1, 0.15) is 0 Å². The van der Waals surface area contributed by atoms with Crippen LogP contribution in [-0.4, -0.2) is 22.9 Å². The highest BCUT2D eigenvalue weighted by Gasteiger charge is 2.13. The van der Waals surface area contributed by atoms with Gasteiger partial charge in [-0.25, -0.2) is 4.79 Å². The summed E-state index contributed by atoms with van der Waals surface area (Å²) < 4.78 is 0. The first-order valence-corrected chi connectivity index (χ1v) is 4.52. The average Bonchev–Trinajstić information content (AvgIpc) is 2.15. The van der Waals surface area contributed by atoms with Crippen molar-refractivity contribution in [2.45, 2.75) is 6.04 Å². The number of carboxylic acids is 1. The molecule has 13 heavy (non-hydrogen) atoms. The first-order chi connectivity index (χ1) is 6.24. The maximum atomic E-state index is 10.6. The Morgan fingerprint density at radius 3 is 2.54 bits per heavy atom. The summed E-state index contributed by atoms with van der Waals surface area (Å²) in [5.74, 6) is -0.622. The van der Waals surface area contributed by atoms with Crippen LogP contribution in [-0.2, 0) is 4.79 Å². The van der Waals surface area contributed by atoms with Crippen molar-refractivity contribution in [1.29, 1.82) is 0 Å². The molecule has 0 radical (unpaired) electrons. The molecule has 0 saturated heterocycles. The largest absolute Gasteiger partial charge is 0.480 e. The molecule has 1 atom stereocenters. The van der Waals surface area contributed by atoms with Gasteiger partial charge in [0.25, 0.3) is 0 Å². The van der Waals surface area contributed by atoms with Gasteiger partial charge in [-0.05, 0) is 12.1 Å². The molecule has 0 unspecified atom stereocenters. The van der Waals surface area contributed by atoms with E-state index in [4.69, 9.17) is 5.11 Å². The second-order valence-electron chi connectivity index (χ2n) is 2.58. The van der Waals surface area contributed by atoms with Gasteiger partial charge in [0.05, 0.1) is 0 Å². The molecule has 0 spiro atoms. The van der Waals surface area contributed by atoms with Gasteiger partial charge >= 0.3 is 5.97 Å². The van der Waals surface area contributed by atoms with E-state index >= 15 is 0 Å². The summed E-state index contributed by atoms with van der Waals surface area (Å²) in [6.45, 7) is 0. The van der Waals surface area contributed by atoms with Gasteiger partial charge < -0.3 is 10.4 Å². The van der Waals surface area contributed by atoms with Crippen molar-refractivity contribution >= 4 is 24.3 Å². The molecule has 3 nitrogen and oxygen atoms in total. The summed E-state index contributed by atoms with van der Waals surface area (Å²) in [6, 6.07) is 8.57. The molecular weight excluding hydrogens is 186 g/mol. The number of carbonyl (C=O) groups is 1. The van der Waals surface area contributed by atoms with E-state index in [1.807, 2.05) is 30.3 Å². The topological polar surface area (TPSA) is 49.3 Å². The average molecular weight is 197 g/mol. The zero-order valence-electron chi connectivity index (χ0n) is 6.97. The lowest BCUT2D eigenvalue weighted by molar-refractivity contribution is -0.137. The highest BCUT2D eigenvalue weighted by atomic mass is 32.1. The number of hydrogen-bond acceptors (Lipinski definition) is 3. The van der Waals surface area contributed by atoms with E-state index in [2.05, 4.69) is 17.9 Å². The number of para-hydroxylation sites is 1. The van der Waals surface area contributed by atoms with Crippen molar-refractivity contribution in [3.8, 4) is 0 Å². The molecule has 2 N–H and O–H groups in total. The third kappa shape index (κ3) is 2.99. The molecule has 0 aliphatic rings. The molecule has 1 aromatic carbocycles. The molecule has 0 aliphatic carbocycles. The van der Waals surface area contributed by atoms with E-state index in [-0.39, 0.29) is 5.75 Å². The first kappa shape index (κ1) is 9.92. The Bertz CT molecular complexity index is 276. The van der Waals surface area contributed by atoms with Gasteiger partial charge in [0.15, 0.2) is 0 Å².